The largest absolute Gasteiger partial charge is 0.0778 e. The third kappa shape index (κ3) is 7.69. The van der Waals surface area contributed by atoms with Gasteiger partial charge in [-0.15, -0.1) is 0 Å². The number of hydrogen-bond donors (Lipinski definition) is 0. The minimum Gasteiger partial charge on any atom is -0.0778 e. The van der Waals surface area contributed by atoms with Gasteiger partial charge in [0.25, 0.3) is 0 Å². The van der Waals surface area contributed by atoms with Crippen LogP contribution in [0, 0.1) is 20.8 Å². The summed E-state index contributed by atoms with van der Waals surface area (Å²) in [4.78, 5) is 0. The standard InChI is InChI=1S/C45H36.C26H16.C2H6/c1-32-16-15-25-38(29-26-32)44-40(34-17-7-3-8-18-34)42(36-21-11-5-12-22-36)45(39-30-27-33(2)28-31-39)43(37-23-13-6-14-24-37)41(44)35-19-9-4-10-20-35;1-13-11-17-5-3-16-8-10-20-14(2)12-18-6-4-15-7-9-19(13)25-21(15)24(18)26(20)22(16)23(17)25;1-2/h3-14,16-31H,15H2,1-2H3;3-12H,1-2H3;1-2H3. The maximum atomic E-state index is 2.40. The van der Waals surface area contributed by atoms with Crippen molar-refractivity contribution in [1.29, 1.82) is 0 Å². The van der Waals surface area contributed by atoms with Crippen molar-refractivity contribution in [2.24, 2.45) is 0 Å². The first-order valence-electron chi connectivity index (χ1n) is 26.1. The molecule has 0 N–H and O–H groups in total. The Hall–Kier alpha value is -8.58. The van der Waals surface area contributed by atoms with Crippen molar-refractivity contribution in [3.8, 4) is 55.6 Å². The highest BCUT2D eigenvalue weighted by Gasteiger charge is 2.29. The van der Waals surface area contributed by atoms with Crippen molar-refractivity contribution in [3.63, 3.8) is 0 Å². The molecule has 0 saturated carbocycles. The van der Waals surface area contributed by atoms with Gasteiger partial charge in [0.2, 0.25) is 0 Å². The first kappa shape index (κ1) is 45.6. The van der Waals surface area contributed by atoms with Gasteiger partial charge in [0.1, 0.15) is 0 Å². The van der Waals surface area contributed by atoms with Crippen LogP contribution in [-0.4, -0.2) is 0 Å². The molecule has 0 bridgehead atoms. The maximum Gasteiger partial charge on any atom is -0.00112 e. The Morgan fingerprint density at radius 1 is 0.288 bits per heavy atom. The number of allylic oxidation sites excluding steroid dienone is 6. The molecule has 0 atom stereocenters. The average Bonchev–Trinajstić information content (AvgIpc) is 3.68. The van der Waals surface area contributed by atoms with Crippen LogP contribution < -0.4 is 0 Å². The quantitative estimate of drug-likeness (QED) is 0.115. The van der Waals surface area contributed by atoms with Crippen LogP contribution in [0.4, 0.5) is 0 Å². The van der Waals surface area contributed by atoms with Crippen LogP contribution in [0.1, 0.15) is 49.4 Å². The minimum absolute atomic E-state index is 0.887. The maximum absolute atomic E-state index is 2.40. The van der Waals surface area contributed by atoms with E-state index in [1.54, 1.807) is 0 Å². The van der Waals surface area contributed by atoms with Crippen molar-refractivity contribution in [2.45, 2.75) is 48.0 Å². The smallest absolute Gasteiger partial charge is 0.00112 e. The number of hydrogen-bond acceptors (Lipinski definition) is 0. The van der Waals surface area contributed by atoms with E-state index in [-0.39, 0.29) is 0 Å². The van der Waals surface area contributed by atoms with Gasteiger partial charge in [-0.05, 0) is 177 Å². The van der Waals surface area contributed by atoms with Crippen LogP contribution in [0.25, 0.3) is 126 Å². The summed E-state index contributed by atoms with van der Waals surface area (Å²) < 4.78 is 0. The Balaban J connectivity index is 0.000000163. The highest BCUT2D eigenvalue weighted by molar-refractivity contribution is 6.45. The molecule has 0 spiro atoms. The van der Waals surface area contributed by atoms with E-state index in [9.17, 15) is 0 Å². The first-order valence-corrected chi connectivity index (χ1v) is 26.1. The molecule has 1 aliphatic carbocycles. The summed E-state index contributed by atoms with van der Waals surface area (Å²) in [6.45, 7) is 12.8. The van der Waals surface area contributed by atoms with Gasteiger partial charge in [0.15, 0.2) is 0 Å². The third-order valence-corrected chi connectivity index (χ3v) is 15.2. The zero-order chi connectivity index (χ0) is 49.7. The van der Waals surface area contributed by atoms with E-state index in [4.69, 9.17) is 0 Å². The van der Waals surface area contributed by atoms with Gasteiger partial charge in [0, 0.05) is 0 Å². The molecular weight excluding hydrogens is 877 g/mol. The molecule has 13 aromatic carbocycles. The summed E-state index contributed by atoms with van der Waals surface area (Å²) in [5.41, 5.74) is 20.1. The molecule has 1 aliphatic rings. The molecule has 73 heavy (non-hydrogen) atoms. The van der Waals surface area contributed by atoms with Crippen molar-refractivity contribution < 1.29 is 0 Å². The van der Waals surface area contributed by atoms with Crippen molar-refractivity contribution in [3.05, 3.63) is 258 Å². The minimum atomic E-state index is 0.887. The molecule has 14 rings (SSSR count). The Morgan fingerprint density at radius 2 is 0.630 bits per heavy atom. The molecule has 0 aromatic heterocycles. The fraction of sp³-hybridized carbons (Fsp3) is 0.0959. The zero-order valence-corrected chi connectivity index (χ0v) is 42.6. The van der Waals surface area contributed by atoms with E-state index in [1.165, 1.54) is 154 Å². The predicted molar refractivity (Wildman–Crippen MR) is 320 cm³/mol. The molecule has 0 unspecified atom stereocenters. The lowest BCUT2D eigenvalue weighted by molar-refractivity contribution is 1.35. The second-order valence-electron chi connectivity index (χ2n) is 19.6. The highest BCUT2D eigenvalue weighted by Crippen LogP contribution is 2.55. The van der Waals surface area contributed by atoms with Crippen LogP contribution in [0.2, 0.25) is 0 Å². The molecule has 0 heteroatoms. The third-order valence-electron chi connectivity index (χ3n) is 15.2. The lowest BCUT2D eigenvalue weighted by atomic mass is 9.74. The fourth-order valence-corrected chi connectivity index (χ4v) is 12.0. The van der Waals surface area contributed by atoms with E-state index >= 15 is 0 Å². The highest BCUT2D eigenvalue weighted by atomic mass is 14.3. The summed E-state index contributed by atoms with van der Waals surface area (Å²) in [5.74, 6) is 0. The van der Waals surface area contributed by atoms with Gasteiger partial charge in [-0.2, -0.15) is 0 Å². The van der Waals surface area contributed by atoms with Crippen LogP contribution in [0.3, 0.4) is 0 Å². The molecule has 0 saturated heterocycles. The number of rotatable bonds is 6. The Kier molecular flexibility index (Phi) is 11.8. The van der Waals surface area contributed by atoms with E-state index in [0.717, 1.165) is 6.42 Å². The summed E-state index contributed by atoms with van der Waals surface area (Å²) in [7, 11) is 0. The molecule has 0 fully saturated rings. The molecule has 0 nitrogen and oxygen atoms in total. The molecule has 0 aliphatic heterocycles. The second kappa shape index (κ2) is 18.9. The summed E-state index contributed by atoms with van der Waals surface area (Å²) in [5, 5.41) is 16.9. The Morgan fingerprint density at radius 3 is 1.04 bits per heavy atom. The van der Waals surface area contributed by atoms with Crippen molar-refractivity contribution in [1.82, 2.24) is 0 Å². The fourth-order valence-electron chi connectivity index (χ4n) is 12.0. The summed E-state index contributed by atoms with van der Waals surface area (Å²) in [6.07, 6.45) is 10.2. The molecule has 0 heterocycles. The lowest BCUT2D eigenvalue weighted by Gasteiger charge is -2.29. The van der Waals surface area contributed by atoms with Crippen molar-refractivity contribution in [2.75, 3.05) is 0 Å². The first-order chi connectivity index (χ1) is 35.9. The van der Waals surface area contributed by atoms with Crippen LogP contribution in [-0.2, 0) is 0 Å². The second-order valence-corrected chi connectivity index (χ2v) is 19.6. The van der Waals surface area contributed by atoms with E-state index < -0.39 is 0 Å². The van der Waals surface area contributed by atoms with Gasteiger partial charge in [-0.25, -0.2) is 0 Å². The Labute approximate surface area is 429 Å². The van der Waals surface area contributed by atoms with Gasteiger partial charge in [-0.1, -0.05) is 256 Å². The normalized spacial score (nSPS) is 12.6. The number of benzene rings is 13. The van der Waals surface area contributed by atoms with Crippen LogP contribution in [0.5, 0.6) is 0 Å². The molecule has 350 valence electrons. The summed E-state index contributed by atoms with van der Waals surface area (Å²) >= 11 is 0. The van der Waals surface area contributed by atoms with E-state index in [1.807, 2.05) is 13.8 Å². The Bertz CT molecular complexity index is 3960. The predicted octanol–water partition coefficient (Wildman–Crippen LogP) is 21.2. The lowest BCUT2D eigenvalue weighted by Crippen LogP contribution is -2.04. The van der Waals surface area contributed by atoms with Crippen LogP contribution >= 0.6 is 0 Å². The van der Waals surface area contributed by atoms with Crippen LogP contribution in [0.15, 0.2) is 236 Å². The topological polar surface area (TPSA) is 0 Å². The van der Waals surface area contributed by atoms with E-state index in [2.05, 4.69) is 258 Å². The molecule has 0 amide bonds. The van der Waals surface area contributed by atoms with Gasteiger partial charge >= 0.3 is 0 Å². The SMILES string of the molecule is CC.CC1=CCC=C(c2c(-c3ccccc3)c(-c3ccccc3)c(-c3ccc(C)cc3)c(-c3ccccc3)c2-c2ccccc2)C=C1.Cc1cc2ccc3ccc4c(C)cc5ccc6ccc1c1c6c5c4c3c21. The number of aryl methyl sites for hydroxylation is 3. The molecule has 13 aromatic rings. The van der Waals surface area contributed by atoms with Gasteiger partial charge in [0.05, 0.1) is 0 Å². The zero-order valence-electron chi connectivity index (χ0n) is 42.6. The van der Waals surface area contributed by atoms with Crippen molar-refractivity contribution >= 4 is 70.2 Å². The molecular formula is C73H58. The monoisotopic (exact) mass is 934 g/mol. The van der Waals surface area contributed by atoms with E-state index in [0.29, 0.717) is 0 Å². The van der Waals surface area contributed by atoms with Gasteiger partial charge < -0.3 is 0 Å². The summed E-state index contributed by atoms with van der Waals surface area (Å²) in [6, 6.07) is 76.1. The molecule has 0 radical (unpaired) electrons. The van der Waals surface area contributed by atoms with Gasteiger partial charge in [-0.3, -0.25) is 0 Å². The average molecular weight is 935 g/mol.